The number of ether oxygens (including phenoxy) is 1. The number of nitrogens with one attached hydrogen (secondary N) is 1. The van der Waals surface area contributed by atoms with Gasteiger partial charge in [-0.2, -0.15) is 5.26 Å². The summed E-state index contributed by atoms with van der Waals surface area (Å²) in [7, 11) is 1.70. The molecule has 0 saturated heterocycles. The van der Waals surface area contributed by atoms with Gasteiger partial charge in [0.15, 0.2) is 0 Å². The first kappa shape index (κ1) is 21.1. The summed E-state index contributed by atoms with van der Waals surface area (Å²) in [5.74, 6) is 1.68. The Bertz CT molecular complexity index is 843. The maximum absolute atomic E-state index is 9.95. The Morgan fingerprint density at radius 2 is 1.97 bits per heavy atom. The van der Waals surface area contributed by atoms with Crippen molar-refractivity contribution in [3.63, 3.8) is 0 Å². The van der Waals surface area contributed by atoms with Crippen LogP contribution in [0, 0.1) is 11.3 Å². The highest BCUT2D eigenvalue weighted by atomic mass is 16.5. The van der Waals surface area contributed by atoms with Gasteiger partial charge in [-0.3, -0.25) is 4.90 Å². The van der Waals surface area contributed by atoms with Crippen LogP contribution in [-0.4, -0.2) is 49.8 Å². The van der Waals surface area contributed by atoms with Gasteiger partial charge in [0, 0.05) is 51.9 Å². The van der Waals surface area contributed by atoms with Crippen LogP contribution >= 0.6 is 0 Å². The molecule has 1 N–H and O–H groups in total. The van der Waals surface area contributed by atoms with Gasteiger partial charge in [0.05, 0.1) is 12.2 Å². The van der Waals surface area contributed by atoms with Gasteiger partial charge in [0.25, 0.3) is 0 Å². The first-order chi connectivity index (χ1) is 14.2. The van der Waals surface area contributed by atoms with Crippen LogP contribution in [0.25, 0.3) is 0 Å². The average Bonchev–Trinajstić information content (AvgIpc) is 2.75. The van der Waals surface area contributed by atoms with Crippen LogP contribution in [0.1, 0.15) is 36.1 Å². The van der Waals surface area contributed by atoms with Gasteiger partial charge in [-0.25, -0.2) is 4.98 Å². The molecule has 1 aliphatic heterocycles. The number of hydrogen-bond acceptors (Lipinski definition) is 6. The molecular formula is C23H31N5O. The minimum Gasteiger partial charge on any atom is -0.383 e. The van der Waals surface area contributed by atoms with Gasteiger partial charge in [-0.05, 0) is 31.4 Å². The first-order valence-electron chi connectivity index (χ1n) is 10.4. The van der Waals surface area contributed by atoms with E-state index in [0.717, 1.165) is 67.5 Å². The lowest BCUT2D eigenvalue weighted by atomic mass is 9.95. The van der Waals surface area contributed by atoms with Crippen molar-refractivity contribution in [1.29, 1.82) is 5.26 Å². The predicted molar refractivity (Wildman–Crippen MR) is 117 cm³/mol. The minimum atomic E-state index is 0.616. The van der Waals surface area contributed by atoms with Crippen molar-refractivity contribution < 1.29 is 4.74 Å². The highest BCUT2D eigenvalue weighted by Gasteiger charge is 2.27. The molecule has 6 nitrogen and oxygen atoms in total. The predicted octanol–water partition coefficient (Wildman–Crippen LogP) is 3.42. The molecule has 0 unspecified atom stereocenters. The monoisotopic (exact) mass is 393 g/mol. The number of methoxy groups -OCH3 is 1. The molecule has 1 aliphatic rings. The molecule has 0 aliphatic carbocycles. The van der Waals surface area contributed by atoms with E-state index in [4.69, 9.17) is 9.72 Å². The lowest BCUT2D eigenvalue weighted by Gasteiger charge is -2.33. The topological polar surface area (TPSA) is 64.4 Å². The van der Waals surface area contributed by atoms with Crippen molar-refractivity contribution in [3.05, 3.63) is 52.6 Å². The molecule has 3 rings (SSSR count). The first-order valence-corrected chi connectivity index (χ1v) is 10.4. The summed E-state index contributed by atoms with van der Waals surface area (Å²) in [5.41, 5.74) is 4.34. The molecule has 154 valence electrons. The summed E-state index contributed by atoms with van der Waals surface area (Å²) >= 11 is 0. The van der Waals surface area contributed by atoms with Crippen molar-refractivity contribution in [2.45, 2.75) is 33.4 Å². The Labute approximate surface area is 174 Å². The molecule has 0 spiro atoms. The summed E-state index contributed by atoms with van der Waals surface area (Å²) in [6.07, 6.45) is 0.862. The van der Waals surface area contributed by atoms with Gasteiger partial charge in [-0.1, -0.05) is 30.3 Å². The molecule has 0 saturated carbocycles. The Hall–Kier alpha value is -2.62. The van der Waals surface area contributed by atoms with Crippen molar-refractivity contribution in [3.8, 4) is 6.07 Å². The van der Waals surface area contributed by atoms with Crippen LogP contribution in [-0.2, 0) is 24.2 Å². The van der Waals surface area contributed by atoms with Crippen molar-refractivity contribution in [1.82, 2.24) is 9.88 Å². The van der Waals surface area contributed by atoms with Crippen molar-refractivity contribution in [2.24, 2.45) is 0 Å². The Morgan fingerprint density at radius 3 is 2.62 bits per heavy atom. The number of fused-ring (bicyclic) bond motifs is 1. The molecule has 2 aromatic rings. The Balaban J connectivity index is 1.96. The number of pyridine rings is 1. The van der Waals surface area contributed by atoms with E-state index >= 15 is 0 Å². The third kappa shape index (κ3) is 4.87. The van der Waals surface area contributed by atoms with E-state index in [1.54, 1.807) is 7.11 Å². The molecule has 0 fully saturated rings. The van der Waals surface area contributed by atoms with Gasteiger partial charge in [-0.15, -0.1) is 0 Å². The zero-order chi connectivity index (χ0) is 20.6. The Kier molecular flexibility index (Phi) is 7.45. The molecule has 0 atom stereocenters. The zero-order valence-electron chi connectivity index (χ0n) is 17.7. The highest BCUT2D eigenvalue weighted by Crippen LogP contribution is 2.33. The van der Waals surface area contributed by atoms with Crippen molar-refractivity contribution in [2.75, 3.05) is 50.1 Å². The van der Waals surface area contributed by atoms with Crippen LogP contribution in [0.2, 0.25) is 0 Å². The largest absolute Gasteiger partial charge is 0.383 e. The third-order valence-corrected chi connectivity index (χ3v) is 5.48. The van der Waals surface area contributed by atoms with E-state index in [0.29, 0.717) is 13.2 Å². The number of nitriles is 1. The lowest BCUT2D eigenvalue weighted by molar-refractivity contribution is 0.210. The summed E-state index contributed by atoms with van der Waals surface area (Å²) in [5, 5.41) is 13.4. The second-order valence-corrected chi connectivity index (χ2v) is 7.27. The number of nitrogens with zero attached hydrogens (tertiary/aromatic N) is 4. The molecule has 0 bridgehead atoms. The van der Waals surface area contributed by atoms with E-state index in [1.807, 2.05) is 6.07 Å². The number of benzene rings is 1. The van der Waals surface area contributed by atoms with Crippen LogP contribution in [0.4, 0.5) is 11.6 Å². The number of hydrogen-bond donors (Lipinski definition) is 1. The van der Waals surface area contributed by atoms with E-state index in [9.17, 15) is 5.26 Å². The summed E-state index contributed by atoms with van der Waals surface area (Å²) in [6.45, 7) is 9.80. The molecule has 2 heterocycles. The summed E-state index contributed by atoms with van der Waals surface area (Å²) < 4.78 is 5.21. The third-order valence-electron chi connectivity index (χ3n) is 5.48. The SMILES string of the molecule is CCN(CC)c1nc(NCCOC)c2c(c1C#N)CCN(Cc1ccccc1)C2. The Morgan fingerprint density at radius 1 is 1.21 bits per heavy atom. The van der Waals surface area contributed by atoms with Crippen LogP contribution in [0.3, 0.4) is 0 Å². The van der Waals surface area contributed by atoms with E-state index in [-0.39, 0.29) is 0 Å². The molecule has 0 amide bonds. The van der Waals surface area contributed by atoms with Gasteiger partial charge < -0.3 is 15.0 Å². The molecule has 1 aromatic heterocycles. The standard InChI is InChI=1S/C23H31N5O/c1-4-28(5-2)23-20(15-24)19-11-13-27(16-18-9-7-6-8-10-18)17-21(19)22(26-23)25-12-14-29-3/h6-10H,4-5,11-14,16-17H2,1-3H3,(H,25,26). The quantitative estimate of drug-likeness (QED) is 0.659. The second-order valence-electron chi connectivity index (χ2n) is 7.27. The van der Waals surface area contributed by atoms with Crippen LogP contribution in [0.5, 0.6) is 0 Å². The normalized spacial score (nSPS) is 13.6. The van der Waals surface area contributed by atoms with E-state index in [1.165, 1.54) is 5.56 Å². The number of rotatable bonds is 9. The summed E-state index contributed by atoms with van der Waals surface area (Å²) in [4.78, 5) is 9.52. The lowest BCUT2D eigenvalue weighted by Crippen LogP contribution is -2.33. The van der Waals surface area contributed by atoms with Gasteiger partial charge in [0.1, 0.15) is 17.7 Å². The van der Waals surface area contributed by atoms with Gasteiger partial charge >= 0.3 is 0 Å². The molecule has 29 heavy (non-hydrogen) atoms. The van der Waals surface area contributed by atoms with Crippen LogP contribution in [0.15, 0.2) is 30.3 Å². The fourth-order valence-electron chi connectivity index (χ4n) is 3.94. The smallest absolute Gasteiger partial charge is 0.149 e. The van der Waals surface area contributed by atoms with Gasteiger partial charge in [0.2, 0.25) is 0 Å². The molecule has 1 aromatic carbocycles. The van der Waals surface area contributed by atoms with E-state index in [2.05, 4.69) is 59.3 Å². The maximum atomic E-state index is 9.95. The molecule has 0 radical (unpaired) electrons. The maximum Gasteiger partial charge on any atom is 0.149 e. The average molecular weight is 394 g/mol. The number of aromatic nitrogens is 1. The fraction of sp³-hybridized carbons (Fsp3) is 0.478. The van der Waals surface area contributed by atoms with E-state index < -0.39 is 0 Å². The highest BCUT2D eigenvalue weighted by molar-refractivity contribution is 5.67. The van der Waals surface area contributed by atoms with Crippen molar-refractivity contribution >= 4 is 11.6 Å². The minimum absolute atomic E-state index is 0.616. The molecule has 6 heteroatoms. The summed E-state index contributed by atoms with van der Waals surface area (Å²) in [6, 6.07) is 13.0. The number of anilines is 2. The molecular weight excluding hydrogens is 362 g/mol. The fourth-order valence-corrected chi connectivity index (χ4v) is 3.94. The van der Waals surface area contributed by atoms with Crippen LogP contribution < -0.4 is 10.2 Å². The second kappa shape index (κ2) is 10.2. The zero-order valence-corrected chi connectivity index (χ0v) is 17.7.